The molecule has 3 atom stereocenters. The third-order valence-corrected chi connectivity index (χ3v) is 6.05. The number of hydrogen-bond acceptors (Lipinski definition) is 4. The highest BCUT2D eigenvalue weighted by molar-refractivity contribution is 5.82. The normalized spacial score (nSPS) is 30.0. The summed E-state index contributed by atoms with van der Waals surface area (Å²) in [7, 11) is 2.00. The second-order valence-corrected chi connectivity index (χ2v) is 7.24. The molecule has 2 aromatic rings. The number of Topliss-reactive ketones (excluding diaryl/α,β-unsaturated/α-hetero) is 1. The number of hydrogen-bond donors (Lipinski definition) is 0. The SMILES string of the molecule is C[C@@H]1C(=O)CC[C@]2(C)c3nn(C)c(-c4cncnc4)c3CC[C@@H]12. The third kappa shape index (κ3) is 1.98. The van der Waals surface area contributed by atoms with Gasteiger partial charge in [0, 0.05) is 48.3 Å². The Balaban J connectivity index is 1.86. The van der Waals surface area contributed by atoms with Crippen molar-refractivity contribution in [2.24, 2.45) is 18.9 Å². The van der Waals surface area contributed by atoms with Gasteiger partial charge in [-0.15, -0.1) is 0 Å². The van der Waals surface area contributed by atoms with E-state index in [4.69, 9.17) is 5.10 Å². The lowest BCUT2D eigenvalue weighted by Gasteiger charge is -2.46. The molecule has 1 fully saturated rings. The topological polar surface area (TPSA) is 60.7 Å². The van der Waals surface area contributed by atoms with E-state index in [0.717, 1.165) is 30.5 Å². The molecule has 0 N–H and O–H groups in total. The second kappa shape index (κ2) is 4.98. The smallest absolute Gasteiger partial charge is 0.136 e. The Kier molecular flexibility index (Phi) is 3.15. The van der Waals surface area contributed by atoms with Gasteiger partial charge in [-0.1, -0.05) is 13.8 Å². The number of aryl methyl sites for hydroxylation is 1. The van der Waals surface area contributed by atoms with Gasteiger partial charge in [-0.3, -0.25) is 9.48 Å². The number of aromatic nitrogens is 4. The Labute approximate surface area is 136 Å². The van der Waals surface area contributed by atoms with Gasteiger partial charge < -0.3 is 0 Å². The lowest BCUT2D eigenvalue weighted by atomic mass is 9.56. The minimum absolute atomic E-state index is 0.00651. The van der Waals surface area contributed by atoms with Crippen LogP contribution in [0.2, 0.25) is 0 Å². The molecule has 0 aliphatic heterocycles. The maximum absolute atomic E-state index is 12.2. The molecule has 2 aliphatic rings. The average molecular weight is 310 g/mol. The summed E-state index contributed by atoms with van der Waals surface area (Å²) >= 11 is 0. The van der Waals surface area contributed by atoms with Crippen LogP contribution in [0, 0.1) is 11.8 Å². The van der Waals surface area contributed by atoms with Crippen LogP contribution in [0.5, 0.6) is 0 Å². The Morgan fingerprint density at radius 1 is 1.26 bits per heavy atom. The van der Waals surface area contributed by atoms with E-state index >= 15 is 0 Å². The van der Waals surface area contributed by atoms with Crippen LogP contribution in [-0.4, -0.2) is 25.5 Å². The Hall–Kier alpha value is -2.04. The van der Waals surface area contributed by atoms with Crippen LogP contribution in [0.3, 0.4) is 0 Å². The van der Waals surface area contributed by atoms with Crippen LogP contribution < -0.4 is 0 Å². The molecule has 0 saturated heterocycles. The van der Waals surface area contributed by atoms with Gasteiger partial charge >= 0.3 is 0 Å². The van der Waals surface area contributed by atoms with E-state index in [1.807, 2.05) is 24.1 Å². The zero-order valence-corrected chi connectivity index (χ0v) is 13.9. The van der Waals surface area contributed by atoms with Crippen LogP contribution >= 0.6 is 0 Å². The Morgan fingerprint density at radius 3 is 2.74 bits per heavy atom. The molecule has 120 valence electrons. The van der Waals surface area contributed by atoms with E-state index < -0.39 is 0 Å². The third-order valence-electron chi connectivity index (χ3n) is 6.05. The first-order chi connectivity index (χ1) is 11.0. The molecule has 0 bridgehead atoms. The lowest BCUT2D eigenvalue weighted by Crippen LogP contribution is -2.46. The molecule has 4 rings (SSSR count). The zero-order chi connectivity index (χ0) is 16.2. The van der Waals surface area contributed by atoms with Gasteiger partial charge in [0.15, 0.2) is 0 Å². The number of carbonyl (C=O) groups excluding carboxylic acids is 1. The predicted octanol–water partition coefficient (Wildman–Crippen LogP) is 2.70. The van der Waals surface area contributed by atoms with Crippen LogP contribution in [0.1, 0.15) is 44.4 Å². The van der Waals surface area contributed by atoms with E-state index in [2.05, 4.69) is 23.8 Å². The number of nitrogens with zero attached hydrogens (tertiary/aromatic N) is 4. The first kappa shape index (κ1) is 14.5. The van der Waals surface area contributed by atoms with Crippen molar-refractivity contribution in [3.8, 4) is 11.3 Å². The molecule has 0 radical (unpaired) electrons. The largest absolute Gasteiger partial charge is 0.299 e. The summed E-state index contributed by atoms with van der Waals surface area (Å²) in [6, 6.07) is 0. The van der Waals surface area contributed by atoms with Crippen molar-refractivity contribution in [1.29, 1.82) is 0 Å². The first-order valence-electron chi connectivity index (χ1n) is 8.37. The van der Waals surface area contributed by atoms with E-state index in [9.17, 15) is 4.79 Å². The van der Waals surface area contributed by atoms with Crippen LogP contribution in [-0.2, 0) is 23.7 Å². The number of ketones is 1. The van der Waals surface area contributed by atoms with Crippen molar-refractivity contribution in [2.75, 3.05) is 0 Å². The van der Waals surface area contributed by atoms with E-state index in [0.29, 0.717) is 18.1 Å². The average Bonchev–Trinajstić information content (AvgIpc) is 2.90. The second-order valence-electron chi connectivity index (χ2n) is 7.24. The summed E-state index contributed by atoms with van der Waals surface area (Å²) in [6.45, 7) is 4.40. The molecule has 0 amide bonds. The van der Waals surface area contributed by atoms with Gasteiger partial charge in [-0.2, -0.15) is 5.10 Å². The summed E-state index contributed by atoms with van der Waals surface area (Å²) in [5, 5.41) is 4.89. The van der Waals surface area contributed by atoms with Gasteiger partial charge in [0.1, 0.15) is 12.1 Å². The van der Waals surface area contributed by atoms with Gasteiger partial charge in [0.25, 0.3) is 0 Å². The number of carbonyl (C=O) groups is 1. The fraction of sp³-hybridized carbons (Fsp3) is 0.556. The molecule has 0 aromatic carbocycles. The predicted molar refractivity (Wildman–Crippen MR) is 86.8 cm³/mol. The molecule has 5 heteroatoms. The Bertz CT molecular complexity index is 767. The van der Waals surface area contributed by atoms with Crippen LogP contribution in [0.15, 0.2) is 18.7 Å². The van der Waals surface area contributed by atoms with Crippen LogP contribution in [0.25, 0.3) is 11.3 Å². The van der Waals surface area contributed by atoms with Gasteiger partial charge in [-0.05, 0) is 25.2 Å². The highest BCUT2D eigenvalue weighted by atomic mass is 16.1. The van der Waals surface area contributed by atoms with E-state index in [1.54, 1.807) is 6.33 Å². The molecule has 2 heterocycles. The minimum atomic E-state index is 0.00651. The number of fused-ring (bicyclic) bond motifs is 3. The van der Waals surface area contributed by atoms with Crippen molar-refractivity contribution in [3.05, 3.63) is 30.0 Å². The van der Waals surface area contributed by atoms with Crippen molar-refractivity contribution < 1.29 is 4.79 Å². The van der Waals surface area contributed by atoms with Gasteiger partial charge in [0.05, 0.1) is 11.4 Å². The molecule has 0 unspecified atom stereocenters. The molecule has 23 heavy (non-hydrogen) atoms. The van der Waals surface area contributed by atoms with E-state index in [1.165, 1.54) is 11.3 Å². The monoisotopic (exact) mass is 310 g/mol. The summed E-state index contributed by atoms with van der Waals surface area (Å²) in [5.41, 5.74) is 4.67. The van der Waals surface area contributed by atoms with Gasteiger partial charge in [-0.25, -0.2) is 9.97 Å². The molecular formula is C18H22N4O. The number of rotatable bonds is 1. The first-order valence-corrected chi connectivity index (χ1v) is 8.37. The molecule has 2 aliphatic carbocycles. The Morgan fingerprint density at radius 2 is 2.00 bits per heavy atom. The summed E-state index contributed by atoms with van der Waals surface area (Å²) < 4.78 is 1.97. The van der Waals surface area contributed by atoms with Crippen molar-refractivity contribution >= 4 is 5.78 Å². The lowest BCUT2D eigenvalue weighted by molar-refractivity contribution is -0.128. The summed E-state index contributed by atoms with van der Waals surface area (Å²) in [6.07, 6.45) is 8.88. The summed E-state index contributed by atoms with van der Waals surface area (Å²) in [4.78, 5) is 20.5. The van der Waals surface area contributed by atoms with Crippen molar-refractivity contribution in [2.45, 2.75) is 44.9 Å². The summed E-state index contributed by atoms with van der Waals surface area (Å²) in [5.74, 6) is 0.974. The highest BCUT2D eigenvalue weighted by Crippen LogP contribution is 2.52. The highest BCUT2D eigenvalue weighted by Gasteiger charge is 2.50. The molecular weight excluding hydrogens is 288 g/mol. The maximum atomic E-state index is 12.2. The molecule has 1 saturated carbocycles. The standard InChI is InChI=1S/C18H22N4O/c1-11-14-5-4-13-16(12-8-19-10-20-9-12)22(3)21-17(13)18(14,2)7-6-15(11)23/h8-11,14H,4-7H2,1-3H3/t11-,14-,18-/m0/s1. The van der Waals surface area contributed by atoms with E-state index in [-0.39, 0.29) is 11.3 Å². The van der Waals surface area contributed by atoms with Gasteiger partial charge in [0.2, 0.25) is 0 Å². The maximum Gasteiger partial charge on any atom is 0.136 e. The molecule has 5 nitrogen and oxygen atoms in total. The fourth-order valence-corrected chi connectivity index (χ4v) is 4.78. The van der Waals surface area contributed by atoms with Crippen molar-refractivity contribution in [1.82, 2.24) is 19.7 Å². The van der Waals surface area contributed by atoms with Crippen molar-refractivity contribution in [3.63, 3.8) is 0 Å². The molecule has 2 aromatic heterocycles. The molecule has 0 spiro atoms. The fourth-order valence-electron chi connectivity index (χ4n) is 4.78. The zero-order valence-electron chi connectivity index (χ0n) is 13.9. The van der Waals surface area contributed by atoms with Crippen LogP contribution in [0.4, 0.5) is 0 Å². The minimum Gasteiger partial charge on any atom is -0.299 e. The quantitative estimate of drug-likeness (QED) is 0.812.